The lowest BCUT2D eigenvalue weighted by atomic mass is 10.1. The van der Waals surface area contributed by atoms with Gasteiger partial charge in [0, 0.05) is 11.2 Å². The second kappa shape index (κ2) is 6.01. The van der Waals surface area contributed by atoms with E-state index >= 15 is 0 Å². The second-order valence-electron chi connectivity index (χ2n) is 2.65. The highest BCUT2D eigenvalue weighted by atomic mass is 79.9. The fourth-order valence-electron chi connectivity index (χ4n) is 0.758. The summed E-state index contributed by atoms with van der Waals surface area (Å²) in [6.07, 6.45) is 2.28. The van der Waals surface area contributed by atoms with Gasteiger partial charge in [-0.3, -0.25) is 4.79 Å². The number of carbonyl (C=O) groups is 1. The van der Waals surface area contributed by atoms with E-state index in [4.69, 9.17) is 11.6 Å². The van der Waals surface area contributed by atoms with Gasteiger partial charge in [0.15, 0.2) is 0 Å². The summed E-state index contributed by atoms with van der Waals surface area (Å²) in [5.74, 6) is 0.153. The molecule has 0 bridgehead atoms. The third kappa shape index (κ3) is 5.68. The van der Waals surface area contributed by atoms with Crippen LogP contribution in [0.15, 0.2) is 0 Å². The van der Waals surface area contributed by atoms with Gasteiger partial charge < -0.3 is 0 Å². The SMILES string of the molecule is CCC(=O)C(Cl)CCC(C)Br. The first kappa shape index (κ1) is 11.4. The van der Waals surface area contributed by atoms with Crippen molar-refractivity contribution in [3.05, 3.63) is 0 Å². The van der Waals surface area contributed by atoms with E-state index in [2.05, 4.69) is 22.9 Å². The Bertz CT molecular complexity index is 125. The second-order valence-corrected chi connectivity index (χ2v) is 4.74. The minimum atomic E-state index is -0.278. The van der Waals surface area contributed by atoms with Crippen molar-refractivity contribution in [3.8, 4) is 0 Å². The number of Topliss-reactive ketones (excluding diaryl/α,β-unsaturated/α-hetero) is 1. The Morgan fingerprint density at radius 3 is 2.45 bits per heavy atom. The molecule has 0 spiro atoms. The molecule has 2 atom stereocenters. The van der Waals surface area contributed by atoms with E-state index in [9.17, 15) is 4.79 Å². The zero-order valence-corrected chi connectivity index (χ0v) is 9.28. The highest BCUT2D eigenvalue weighted by Gasteiger charge is 2.13. The van der Waals surface area contributed by atoms with E-state index in [1.165, 1.54) is 0 Å². The highest BCUT2D eigenvalue weighted by Crippen LogP contribution is 2.14. The minimum Gasteiger partial charge on any atom is -0.298 e. The molecule has 0 saturated carbocycles. The van der Waals surface area contributed by atoms with Crippen LogP contribution >= 0.6 is 27.5 Å². The number of hydrogen-bond donors (Lipinski definition) is 0. The Morgan fingerprint density at radius 2 is 2.09 bits per heavy atom. The quantitative estimate of drug-likeness (QED) is 0.676. The molecule has 0 radical (unpaired) electrons. The van der Waals surface area contributed by atoms with Crippen LogP contribution in [0.2, 0.25) is 0 Å². The molecule has 1 nitrogen and oxygen atoms in total. The lowest BCUT2D eigenvalue weighted by Gasteiger charge is -2.07. The Balaban J connectivity index is 3.52. The number of ketones is 1. The van der Waals surface area contributed by atoms with Crippen molar-refractivity contribution >= 4 is 33.3 Å². The number of hydrogen-bond acceptors (Lipinski definition) is 1. The van der Waals surface area contributed by atoms with E-state index < -0.39 is 0 Å². The van der Waals surface area contributed by atoms with Crippen LogP contribution in [0.1, 0.15) is 33.1 Å². The van der Waals surface area contributed by atoms with Crippen molar-refractivity contribution in [2.24, 2.45) is 0 Å². The molecule has 0 aliphatic heterocycles. The van der Waals surface area contributed by atoms with Gasteiger partial charge in [0.25, 0.3) is 0 Å². The number of alkyl halides is 2. The van der Waals surface area contributed by atoms with Crippen LogP contribution in [0.5, 0.6) is 0 Å². The molecule has 0 aliphatic rings. The van der Waals surface area contributed by atoms with Crippen molar-refractivity contribution in [1.82, 2.24) is 0 Å². The topological polar surface area (TPSA) is 17.1 Å². The standard InChI is InChI=1S/C8H14BrClO/c1-3-8(11)7(10)5-4-6(2)9/h6-7H,3-5H2,1-2H3. The molecule has 0 N–H and O–H groups in total. The average Bonchev–Trinajstić information content (AvgIpc) is 1.98. The van der Waals surface area contributed by atoms with Gasteiger partial charge in [-0.15, -0.1) is 11.6 Å². The van der Waals surface area contributed by atoms with Crippen molar-refractivity contribution in [2.45, 2.75) is 43.3 Å². The first-order valence-corrected chi connectivity index (χ1v) is 5.24. The Morgan fingerprint density at radius 1 is 1.55 bits per heavy atom. The molecule has 66 valence electrons. The molecule has 11 heavy (non-hydrogen) atoms. The molecular weight excluding hydrogens is 227 g/mol. The average molecular weight is 242 g/mol. The fraction of sp³-hybridized carbons (Fsp3) is 0.875. The zero-order chi connectivity index (χ0) is 8.85. The van der Waals surface area contributed by atoms with Gasteiger partial charge in [-0.1, -0.05) is 29.8 Å². The Hall–Kier alpha value is 0.440. The molecule has 2 unspecified atom stereocenters. The van der Waals surface area contributed by atoms with Crippen LogP contribution in [-0.2, 0) is 4.79 Å². The summed E-state index contributed by atoms with van der Waals surface area (Å²) in [4.78, 5) is 11.4. The van der Waals surface area contributed by atoms with E-state index in [-0.39, 0.29) is 11.2 Å². The summed E-state index contributed by atoms with van der Waals surface area (Å²) in [6, 6.07) is 0. The van der Waals surface area contributed by atoms with Crippen molar-refractivity contribution in [3.63, 3.8) is 0 Å². The lowest BCUT2D eigenvalue weighted by Crippen LogP contribution is -2.13. The van der Waals surface area contributed by atoms with Crippen LogP contribution < -0.4 is 0 Å². The molecule has 3 heteroatoms. The predicted octanol–water partition coefficient (Wildman–Crippen LogP) is 3.14. The molecular formula is C8H14BrClO. The van der Waals surface area contributed by atoms with E-state index in [1.807, 2.05) is 6.92 Å². The number of halogens is 2. The predicted molar refractivity (Wildman–Crippen MR) is 52.6 cm³/mol. The van der Waals surface area contributed by atoms with Crippen molar-refractivity contribution < 1.29 is 4.79 Å². The lowest BCUT2D eigenvalue weighted by molar-refractivity contribution is -0.118. The van der Waals surface area contributed by atoms with Gasteiger partial charge in [0.2, 0.25) is 0 Å². The minimum absolute atomic E-state index is 0.153. The fourth-order valence-corrected chi connectivity index (χ4v) is 1.30. The monoisotopic (exact) mass is 240 g/mol. The molecule has 0 aromatic rings. The van der Waals surface area contributed by atoms with E-state index in [1.54, 1.807) is 0 Å². The van der Waals surface area contributed by atoms with Gasteiger partial charge in [0.05, 0.1) is 5.38 Å². The Labute approximate surface area is 81.6 Å². The summed E-state index contributed by atoms with van der Waals surface area (Å²) >= 11 is 9.21. The first-order chi connectivity index (χ1) is 5.07. The molecule has 0 aliphatic carbocycles. The summed E-state index contributed by atoms with van der Waals surface area (Å²) in [5.41, 5.74) is 0. The van der Waals surface area contributed by atoms with Crippen LogP contribution in [-0.4, -0.2) is 16.0 Å². The molecule has 0 heterocycles. The maximum atomic E-state index is 11.0. The van der Waals surface area contributed by atoms with Crippen LogP contribution in [0.25, 0.3) is 0 Å². The summed E-state index contributed by atoms with van der Waals surface area (Å²) in [7, 11) is 0. The first-order valence-electron chi connectivity index (χ1n) is 3.88. The van der Waals surface area contributed by atoms with Gasteiger partial charge >= 0.3 is 0 Å². The van der Waals surface area contributed by atoms with Crippen LogP contribution in [0.3, 0.4) is 0 Å². The largest absolute Gasteiger partial charge is 0.298 e. The van der Waals surface area contributed by atoms with Gasteiger partial charge in [-0.25, -0.2) is 0 Å². The number of rotatable bonds is 5. The van der Waals surface area contributed by atoms with Gasteiger partial charge in [-0.05, 0) is 12.8 Å². The molecule has 0 rings (SSSR count). The van der Waals surface area contributed by atoms with Crippen LogP contribution in [0.4, 0.5) is 0 Å². The van der Waals surface area contributed by atoms with Gasteiger partial charge in [-0.2, -0.15) is 0 Å². The zero-order valence-electron chi connectivity index (χ0n) is 6.94. The summed E-state index contributed by atoms with van der Waals surface area (Å²) in [6.45, 7) is 3.90. The summed E-state index contributed by atoms with van der Waals surface area (Å²) in [5, 5.41) is -0.278. The highest BCUT2D eigenvalue weighted by molar-refractivity contribution is 9.09. The third-order valence-corrected chi connectivity index (χ3v) is 2.44. The Kier molecular flexibility index (Phi) is 6.25. The molecule has 0 aromatic heterocycles. The maximum absolute atomic E-state index is 11.0. The molecule has 0 saturated heterocycles. The smallest absolute Gasteiger partial charge is 0.150 e. The van der Waals surface area contributed by atoms with Crippen molar-refractivity contribution in [1.29, 1.82) is 0 Å². The summed E-state index contributed by atoms with van der Waals surface area (Å²) < 4.78 is 0. The van der Waals surface area contributed by atoms with Gasteiger partial charge in [0.1, 0.15) is 5.78 Å². The van der Waals surface area contributed by atoms with E-state index in [0.717, 1.165) is 12.8 Å². The molecule has 0 aromatic carbocycles. The van der Waals surface area contributed by atoms with Crippen LogP contribution in [0, 0.1) is 0 Å². The maximum Gasteiger partial charge on any atom is 0.150 e. The third-order valence-electron chi connectivity index (χ3n) is 1.52. The molecule has 0 fully saturated rings. The number of carbonyl (C=O) groups excluding carboxylic acids is 1. The molecule has 0 amide bonds. The van der Waals surface area contributed by atoms with Crippen molar-refractivity contribution in [2.75, 3.05) is 0 Å². The van der Waals surface area contributed by atoms with E-state index in [0.29, 0.717) is 11.2 Å². The normalized spacial score (nSPS) is 16.0.